The van der Waals surface area contributed by atoms with Crippen molar-refractivity contribution in [2.24, 2.45) is 10.1 Å². The molecule has 0 saturated carbocycles. The molecule has 0 radical (unpaired) electrons. The molecule has 11 nitrogen and oxygen atoms in total. The summed E-state index contributed by atoms with van der Waals surface area (Å²) in [4.78, 5) is 39.2. The molecule has 3 aliphatic rings. The number of fused-ring (bicyclic) bond motifs is 3. The summed E-state index contributed by atoms with van der Waals surface area (Å²) in [6.45, 7) is 2.34. The molecule has 6 heterocycles. The van der Waals surface area contributed by atoms with E-state index < -0.39 is 11.5 Å². The Morgan fingerprint density at radius 1 is 1.12 bits per heavy atom. The van der Waals surface area contributed by atoms with Crippen LogP contribution in [-0.2, 0) is 37.5 Å². The maximum atomic E-state index is 12.4. The largest absolute Gasteiger partial charge is 0.408 e. The number of hydrogen-bond donors (Lipinski definition) is 3. The number of aromatic amines is 2. The number of carbonyl (C=O) groups is 1. The van der Waals surface area contributed by atoms with Crippen LogP contribution in [0.1, 0.15) is 42.0 Å². The number of ether oxygens (including phenoxy) is 2. The fourth-order valence-corrected chi connectivity index (χ4v) is 5.79. The first-order chi connectivity index (χ1) is 20.1. The van der Waals surface area contributed by atoms with Crippen LogP contribution < -0.4 is 5.32 Å². The van der Waals surface area contributed by atoms with E-state index in [1.165, 1.54) is 5.56 Å². The first-order valence-corrected chi connectivity index (χ1v) is 13.6. The van der Waals surface area contributed by atoms with E-state index in [2.05, 4.69) is 49.5 Å². The third-order valence-electron chi connectivity index (χ3n) is 7.82. The highest BCUT2D eigenvalue weighted by Crippen LogP contribution is 2.43. The van der Waals surface area contributed by atoms with Gasteiger partial charge in [0.1, 0.15) is 19.0 Å². The normalized spacial score (nSPS) is 22.0. The number of hydrogen-bond acceptors (Lipinski definition) is 9. The minimum Gasteiger partial charge on any atom is -0.408 e. The van der Waals surface area contributed by atoms with Gasteiger partial charge < -0.3 is 24.3 Å². The summed E-state index contributed by atoms with van der Waals surface area (Å²) < 4.78 is 11.0. The summed E-state index contributed by atoms with van der Waals surface area (Å²) in [6, 6.07) is 11.9. The Bertz CT molecular complexity index is 1730. The number of imidazole rings is 1. The van der Waals surface area contributed by atoms with Gasteiger partial charge in [-0.25, -0.2) is 14.8 Å². The number of aromatic nitrogens is 4. The smallest absolute Gasteiger partial charge is 0.334 e. The van der Waals surface area contributed by atoms with Crippen LogP contribution in [0.15, 0.2) is 70.8 Å². The molecular weight excluding hydrogens is 522 g/mol. The lowest BCUT2D eigenvalue weighted by Crippen LogP contribution is -2.60. The number of nitrogens with one attached hydrogen (secondary N) is 3. The SMILES string of the molecule is CCc1ccc(-c2cnc(C3Cc4c([nH]c5ccccc45)C(C4=NOC(COC)=CC4)(C4=NCC(=O)O4)N3)[nH]2)nc1. The lowest BCUT2D eigenvalue weighted by molar-refractivity contribution is -0.132. The fraction of sp³-hybridized carbons (Fsp3) is 0.300. The molecule has 0 spiro atoms. The van der Waals surface area contributed by atoms with E-state index >= 15 is 0 Å². The number of esters is 1. The predicted octanol–water partition coefficient (Wildman–Crippen LogP) is 3.86. The Kier molecular flexibility index (Phi) is 6.25. The zero-order chi connectivity index (χ0) is 28.0. The second kappa shape index (κ2) is 10.1. The van der Waals surface area contributed by atoms with Crippen LogP contribution in [-0.4, -0.2) is 57.8 Å². The number of oxime groups is 1. The van der Waals surface area contributed by atoms with Gasteiger partial charge >= 0.3 is 5.97 Å². The van der Waals surface area contributed by atoms with E-state index in [-0.39, 0.29) is 18.5 Å². The lowest BCUT2D eigenvalue weighted by atomic mass is 9.78. The molecule has 0 bridgehead atoms. The lowest BCUT2D eigenvalue weighted by Gasteiger charge is -2.41. The van der Waals surface area contributed by atoms with E-state index in [0.29, 0.717) is 30.9 Å². The standard InChI is InChI=1S/C30H29N7O4/c1-3-17-8-10-22(31-13-17)24-14-32-28(35-24)23-12-20-19-6-4-5-7-21(19)34-27(20)30(36-23,29-33-15-26(38)40-29)25-11-9-18(16-39-2)41-37-25/h4-10,13-14,23,34,36H,3,11-12,15-16H2,1-2H3,(H,32,35). The number of H-pyrrole nitrogens is 2. The summed E-state index contributed by atoms with van der Waals surface area (Å²) in [6.07, 6.45) is 7.59. The molecule has 11 heteroatoms. The molecule has 0 aliphatic carbocycles. The van der Waals surface area contributed by atoms with Gasteiger partial charge in [0.15, 0.2) is 11.3 Å². The van der Waals surface area contributed by atoms with Crippen molar-refractivity contribution in [2.45, 2.75) is 37.8 Å². The van der Waals surface area contributed by atoms with Crippen molar-refractivity contribution in [3.63, 3.8) is 0 Å². The predicted molar refractivity (Wildman–Crippen MR) is 152 cm³/mol. The molecule has 2 atom stereocenters. The Labute approximate surface area is 235 Å². The highest BCUT2D eigenvalue weighted by Gasteiger charge is 2.54. The average molecular weight is 552 g/mol. The summed E-state index contributed by atoms with van der Waals surface area (Å²) in [5.74, 6) is 1.14. The summed E-state index contributed by atoms with van der Waals surface area (Å²) in [5, 5.41) is 9.34. The van der Waals surface area contributed by atoms with E-state index in [4.69, 9.17) is 19.3 Å². The van der Waals surface area contributed by atoms with Gasteiger partial charge in [-0.15, -0.1) is 0 Å². The highest BCUT2D eigenvalue weighted by molar-refractivity contribution is 6.18. The van der Waals surface area contributed by atoms with Crippen LogP contribution in [0.4, 0.5) is 0 Å². The monoisotopic (exact) mass is 551 g/mol. The van der Waals surface area contributed by atoms with E-state index in [0.717, 1.165) is 45.8 Å². The average Bonchev–Trinajstić information content (AvgIpc) is 3.76. The molecule has 0 saturated heterocycles. The number of para-hydroxylation sites is 1. The molecule has 0 amide bonds. The van der Waals surface area contributed by atoms with Gasteiger partial charge in [0.2, 0.25) is 5.90 Å². The highest BCUT2D eigenvalue weighted by atomic mass is 16.6. The maximum absolute atomic E-state index is 12.4. The fourth-order valence-electron chi connectivity index (χ4n) is 5.79. The van der Waals surface area contributed by atoms with Crippen LogP contribution in [0, 0.1) is 0 Å². The van der Waals surface area contributed by atoms with Crippen molar-refractivity contribution in [1.29, 1.82) is 0 Å². The van der Waals surface area contributed by atoms with Crippen molar-refractivity contribution < 1.29 is 19.1 Å². The van der Waals surface area contributed by atoms with Gasteiger partial charge in [0.25, 0.3) is 0 Å². The number of methoxy groups -OCH3 is 1. The molecule has 3 aromatic heterocycles. The number of aliphatic imine (C=N–C) groups is 1. The molecule has 2 unspecified atom stereocenters. The summed E-state index contributed by atoms with van der Waals surface area (Å²) >= 11 is 0. The van der Waals surface area contributed by atoms with Crippen LogP contribution in [0.2, 0.25) is 0 Å². The van der Waals surface area contributed by atoms with Gasteiger partial charge in [0, 0.05) is 30.6 Å². The zero-order valence-electron chi connectivity index (χ0n) is 22.7. The minimum absolute atomic E-state index is 0.0672. The minimum atomic E-state index is -1.20. The van der Waals surface area contributed by atoms with Crippen molar-refractivity contribution in [3.05, 3.63) is 83.3 Å². The van der Waals surface area contributed by atoms with Crippen LogP contribution in [0.5, 0.6) is 0 Å². The van der Waals surface area contributed by atoms with Crippen LogP contribution >= 0.6 is 0 Å². The maximum Gasteiger partial charge on any atom is 0.334 e. The van der Waals surface area contributed by atoms with E-state index in [1.54, 1.807) is 13.3 Å². The molecule has 1 aromatic carbocycles. The molecule has 41 heavy (non-hydrogen) atoms. The van der Waals surface area contributed by atoms with Gasteiger partial charge in [-0.2, -0.15) is 0 Å². The number of cyclic esters (lactones) is 1. The van der Waals surface area contributed by atoms with Gasteiger partial charge in [-0.05, 0) is 42.2 Å². The summed E-state index contributed by atoms with van der Waals surface area (Å²) in [5.41, 5.74) is 5.04. The number of benzene rings is 1. The number of carbonyl (C=O) groups excluding carboxylic acids is 1. The first-order valence-electron chi connectivity index (χ1n) is 13.6. The van der Waals surface area contributed by atoms with Crippen LogP contribution in [0.3, 0.4) is 0 Å². The number of rotatable bonds is 7. The van der Waals surface area contributed by atoms with Gasteiger partial charge in [0.05, 0.1) is 35.0 Å². The molecule has 3 N–H and O–H groups in total. The molecule has 4 aromatic rings. The number of allylic oxidation sites excluding steroid dienone is 1. The van der Waals surface area contributed by atoms with Crippen molar-refractivity contribution in [3.8, 4) is 11.4 Å². The quantitative estimate of drug-likeness (QED) is 0.297. The topological polar surface area (TPSA) is 139 Å². The van der Waals surface area contributed by atoms with Crippen LogP contribution in [0.25, 0.3) is 22.3 Å². The third kappa shape index (κ3) is 4.25. The van der Waals surface area contributed by atoms with Gasteiger partial charge in [-0.1, -0.05) is 36.3 Å². The Balaban J connectivity index is 1.36. The summed E-state index contributed by atoms with van der Waals surface area (Å²) in [7, 11) is 1.60. The second-order valence-corrected chi connectivity index (χ2v) is 10.3. The van der Waals surface area contributed by atoms with Crippen molar-refractivity contribution in [1.82, 2.24) is 25.3 Å². The number of aryl methyl sites for hydroxylation is 1. The van der Waals surface area contributed by atoms with Crippen molar-refractivity contribution >= 4 is 28.5 Å². The molecule has 0 fully saturated rings. The first kappa shape index (κ1) is 25.4. The van der Waals surface area contributed by atoms with Gasteiger partial charge in [-0.3, -0.25) is 10.3 Å². The third-order valence-corrected chi connectivity index (χ3v) is 7.82. The van der Waals surface area contributed by atoms with Crippen molar-refractivity contribution in [2.75, 3.05) is 20.3 Å². The number of nitrogens with zero attached hydrogens (tertiary/aromatic N) is 4. The zero-order valence-corrected chi connectivity index (χ0v) is 22.7. The molecular formula is C30H29N7O4. The van der Waals surface area contributed by atoms with E-state index in [1.807, 2.05) is 36.5 Å². The van der Waals surface area contributed by atoms with E-state index in [9.17, 15) is 4.79 Å². The second-order valence-electron chi connectivity index (χ2n) is 10.3. The molecule has 208 valence electrons. The Morgan fingerprint density at radius 2 is 2.02 bits per heavy atom. The molecule has 3 aliphatic heterocycles. The number of pyridine rings is 1. The Hall–Kier alpha value is -4.61. The Morgan fingerprint density at radius 3 is 2.76 bits per heavy atom. The molecule has 7 rings (SSSR count).